The highest BCUT2D eigenvalue weighted by Crippen LogP contribution is 2.34. The van der Waals surface area contributed by atoms with Crippen molar-refractivity contribution in [2.75, 3.05) is 6.54 Å². The largest absolute Gasteiger partial charge is 0.314 e. The Morgan fingerprint density at radius 2 is 2.05 bits per heavy atom. The van der Waals surface area contributed by atoms with E-state index >= 15 is 0 Å². The van der Waals surface area contributed by atoms with Crippen molar-refractivity contribution in [3.8, 4) is 0 Å². The van der Waals surface area contributed by atoms with E-state index in [1.54, 1.807) is 12.1 Å². The zero-order valence-electron chi connectivity index (χ0n) is 12.4. The van der Waals surface area contributed by atoms with Gasteiger partial charge in [-0.15, -0.1) is 0 Å². The van der Waals surface area contributed by atoms with Crippen LogP contribution in [0.1, 0.15) is 45.1 Å². The van der Waals surface area contributed by atoms with Gasteiger partial charge in [0.25, 0.3) is 5.69 Å². The normalized spacial score (nSPS) is 21.6. The van der Waals surface area contributed by atoms with Crippen LogP contribution in [0.3, 0.4) is 0 Å². The summed E-state index contributed by atoms with van der Waals surface area (Å²) in [4.78, 5) is 10.2. The number of nitrogens with zero attached hydrogens (tertiary/aromatic N) is 1. The van der Waals surface area contributed by atoms with Crippen LogP contribution in [0.4, 0.5) is 5.69 Å². The van der Waals surface area contributed by atoms with Crippen LogP contribution in [0.15, 0.2) is 24.3 Å². The minimum Gasteiger partial charge on any atom is -0.314 e. The molecule has 110 valence electrons. The van der Waals surface area contributed by atoms with Crippen molar-refractivity contribution in [2.24, 2.45) is 5.41 Å². The summed E-state index contributed by atoms with van der Waals surface area (Å²) >= 11 is 0. The molecular weight excluding hydrogens is 252 g/mol. The van der Waals surface area contributed by atoms with E-state index in [2.05, 4.69) is 19.2 Å². The first-order chi connectivity index (χ1) is 9.46. The molecule has 0 spiro atoms. The quantitative estimate of drug-likeness (QED) is 0.659. The van der Waals surface area contributed by atoms with Gasteiger partial charge in [0.15, 0.2) is 0 Å². The molecule has 0 radical (unpaired) electrons. The molecule has 0 heterocycles. The molecule has 1 aliphatic carbocycles. The summed E-state index contributed by atoms with van der Waals surface area (Å²) < 4.78 is 0. The zero-order chi connectivity index (χ0) is 14.6. The maximum Gasteiger partial charge on any atom is 0.269 e. The Bertz CT molecular complexity index is 454. The molecule has 0 amide bonds. The highest BCUT2D eigenvalue weighted by atomic mass is 16.6. The third-order valence-electron chi connectivity index (χ3n) is 4.20. The van der Waals surface area contributed by atoms with Crippen LogP contribution in [0.2, 0.25) is 0 Å². The van der Waals surface area contributed by atoms with Crippen LogP contribution in [0, 0.1) is 15.5 Å². The van der Waals surface area contributed by atoms with E-state index in [0.717, 1.165) is 18.5 Å². The molecule has 0 bridgehead atoms. The SMILES string of the molecule is CC1(C)CCCC(NCCc2ccc([N+](=O)[O-])cc2)C1. The van der Waals surface area contributed by atoms with Gasteiger partial charge in [-0.25, -0.2) is 0 Å². The fourth-order valence-electron chi connectivity index (χ4n) is 3.08. The Hall–Kier alpha value is -1.42. The smallest absolute Gasteiger partial charge is 0.269 e. The molecule has 2 rings (SSSR count). The predicted molar refractivity (Wildman–Crippen MR) is 80.8 cm³/mol. The lowest BCUT2D eigenvalue weighted by molar-refractivity contribution is -0.384. The van der Waals surface area contributed by atoms with Gasteiger partial charge in [-0.2, -0.15) is 0 Å². The molecule has 1 unspecified atom stereocenters. The van der Waals surface area contributed by atoms with Crippen molar-refractivity contribution in [1.82, 2.24) is 5.32 Å². The van der Waals surface area contributed by atoms with Crippen LogP contribution < -0.4 is 5.32 Å². The monoisotopic (exact) mass is 276 g/mol. The Labute approximate surface area is 120 Å². The second kappa shape index (κ2) is 6.35. The standard InChI is InChI=1S/C16H24N2O2/c1-16(2)10-3-4-14(12-16)17-11-9-13-5-7-15(8-6-13)18(19)20/h5-8,14,17H,3-4,9-12H2,1-2H3. The Kier molecular flexibility index (Phi) is 4.76. The van der Waals surface area contributed by atoms with E-state index in [1.807, 2.05) is 12.1 Å². The highest BCUT2D eigenvalue weighted by molar-refractivity contribution is 5.32. The molecule has 20 heavy (non-hydrogen) atoms. The van der Waals surface area contributed by atoms with Gasteiger partial charge in [0.05, 0.1) is 4.92 Å². The maximum atomic E-state index is 10.6. The summed E-state index contributed by atoms with van der Waals surface area (Å²) in [7, 11) is 0. The van der Waals surface area contributed by atoms with Crippen molar-refractivity contribution in [1.29, 1.82) is 0 Å². The van der Waals surface area contributed by atoms with E-state index in [9.17, 15) is 10.1 Å². The summed E-state index contributed by atoms with van der Waals surface area (Å²) in [6.07, 6.45) is 6.07. The molecule has 0 aliphatic heterocycles. The number of rotatable bonds is 5. The fraction of sp³-hybridized carbons (Fsp3) is 0.625. The first-order valence-corrected chi connectivity index (χ1v) is 7.43. The van der Waals surface area contributed by atoms with Crippen molar-refractivity contribution >= 4 is 5.69 Å². The van der Waals surface area contributed by atoms with Crippen LogP contribution in [-0.2, 0) is 6.42 Å². The van der Waals surface area contributed by atoms with E-state index in [-0.39, 0.29) is 10.6 Å². The molecule has 4 heteroatoms. The first kappa shape index (κ1) is 15.0. The van der Waals surface area contributed by atoms with Gasteiger partial charge in [0.2, 0.25) is 0 Å². The molecule has 4 nitrogen and oxygen atoms in total. The van der Waals surface area contributed by atoms with Crippen LogP contribution in [0.25, 0.3) is 0 Å². The summed E-state index contributed by atoms with van der Waals surface area (Å²) in [6.45, 7) is 5.63. The molecule has 1 saturated carbocycles. The van der Waals surface area contributed by atoms with E-state index in [0.29, 0.717) is 11.5 Å². The average Bonchev–Trinajstić information content (AvgIpc) is 2.38. The molecule has 1 fully saturated rings. The number of nitro benzene ring substituents is 1. The molecule has 1 aliphatic rings. The van der Waals surface area contributed by atoms with Crippen LogP contribution in [0.5, 0.6) is 0 Å². The second-order valence-corrected chi connectivity index (χ2v) is 6.59. The van der Waals surface area contributed by atoms with E-state index in [4.69, 9.17) is 0 Å². The highest BCUT2D eigenvalue weighted by Gasteiger charge is 2.27. The minimum absolute atomic E-state index is 0.163. The summed E-state index contributed by atoms with van der Waals surface area (Å²) in [6, 6.07) is 7.49. The van der Waals surface area contributed by atoms with Crippen molar-refractivity contribution in [2.45, 2.75) is 52.0 Å². The van der Waals surface area contributed by atoms with E-state index < -0.39 is 0 Å². The number of benzene rings is 1. The van der Waals surface area contributed by atoms with Crippen LogP contribution in [-0.4, -0.2) is 17.5 Å². The average molecular weight is 276 g/mol. The topological polar surface area (TPSA) is 55.2 Å². The molecule has 0 aromatic heterocycles. The van der Waals surface area contributed by atoms with Gasteiger partial charge in [0.1, 0.15) is 0 Å². The molecule has 1 N–H and O–H groups in total. The summed E-state index contributed by atoms with van der Waals surface area (Å²) in [5.41, 5.74) is 1.78. The van der Waals surface area contributed by atoms with Gasteiger partial charge >= 0.3 is 0 Å². The predicted octanol–water partition coefficient (Wildman–Crippen LogP) is 3.70. The minimum atomic E-state index is -0.355. The molecule has 0 saturated heterocycles. The van der Waals surface area contributed by atoms with Crippen molar-refractivity contribution < 1.29 is 4.92 Å². The second-order valence-electron chi connectivity index (χ2n) is 6.59. The lowest BCUT2D eigenvalue weighted by atomic mass is 9.75. The molecule has 1 aromatic carbocycles. The molecule has 1 atom stereocenters. The zero-order valence-corrected chi connectivity index (χ0v) is 12.4. The Morgan fingerprint density at radius 3 is 2.65 bits per heavy atom. The van der Waals surface area contributed by atoms with E-state index in [1.165, 1.54) is 25.7 Å². The molecular formula is C16H24N2O2. The number of nitro groups is 1. The van der Waals surface area contributed by atoms with Gasteiger partial charge < -0.3 is 5.32 Å². The number of nitrogens with one attached hydrogen (secondary N) is 1. The molecule has 1 aromatic rings. The van der Waals surface area contributed by atoms with Crippen LogP contribution >= 0.6 is 0 Å². The van der Waals surface area contributed by atoms with Gasteiger partial charge in [-0.05, 0) is 43.2 Å². The Balaban J connectivity index is 1.76. The third-order valence-corrected chi connectivity index (χ3v) is 4.20. The fourth-order valence-corrected chi connectivity index (χ4v) is 3.08. The first-order valence-electron chi connectivity index (χ1n) is 7.43. The maximum absolute atomic E-state index is 10.6. The summed E-state index contributed by atoms with van der Waals surface area (Å²) in [5, 5.41) is 14.2. The van der Waals surface area contributed by atoms with Gasteiger partial charge in [-0.3, -0.25) is 10.1 Å². The Morgan fingerprint density at radius 1 is 1.35 bits per heavy atom. The van der Waals surface area contributed by atoms with Gasteiger partial charge in [0, 0.05) is 18.2 Å². The summed E-state index contributed by atoms with van der Waals surface area (Å²) in [5.74, 6) is 0. The lowest BCUT2D eigenvalue weighted by Crippen LogP contribution is -2.38. The number of hydrogen-bond donors (Lipinski definition) is 1. The number of hydrogen-bond acceptors (Lipinski definition) is 3. The lowest BCUT2D eigenvalue weighted by Gasteiger charge is -2.35. The van der Waals surface area contributed by atoms with Gasteiger partial charge in [-0.1, -0.05) is 32.4 Å². The number of non-ortho nitro benzene ring substituents is 1. The third kappa shape index (κ3) is 4.30. The van der Waals surface area contributed by atoms with Crippen molar-refractivity contribution in [3.05, 3.63) is 39.9 Å². The van der Waals surface area contributed by atoms with Crippen molar-refractivity contribution in [3.63, 3.8) is 0 Å².